The summed E-state index contributed by atoms with van der Waals surface area (Å²) in [4.78, 5) is 9.41. The molecule has 0 aromatic carbocycles. The molecule has 1 aliphatic rings. The summed E-state index contributed by atoms with van der Waals surface area (Å²) in [6.45, 7) is 8.80. The van der Waals surface area contributed by atoms with E-state index < -0.39 is 5.95 Å². The summed E-state index contributed by atoms with van der Waals surface area (Å²) in [5.74, 6) is 1.10. The first kappa shape index (κ1) is 20.2. The van der Waals surface area contributed by atoms with Crippen LogP contribution in [-0.4, -0.2) is 29.1 Å². The molecule has 1 fully saturated rings. The smallest absolute Gasteiger partial charge is 0.222 e. The van der Waals surface area contributed by atoms with Gasteiger partial charge in [0, 0.05) is 17.1 Å². The number of aryl methyl sites for hydroxylation is 1. The quantitative estimate of drug-likeness (QED) is 0.477. The van der Waals surface area contributed by atoms with Crippen molar-refractivity contribution in [1.82, 2.24) is 15.3 Å². The number of pyridine rings is 1. The first-order chi connectivity index (χ1) is 13.0. The summed E-state index contributed by atoms with van der Waals surface area (Å²) in [5, 5.41) is 8.08. The lowest BCUT2D eigenvalue weighted by Crippen LogP contribution is -2.31. The van der Waals surface area contributed by atoms with Crippen LogP contribution in [0.2, 0.25) is 0 Å². The highest BCUT2D eigenvalue weighted by Crippen LogP contribution is 2.33. The van der Waals surface area contributed by atoms with Gasteiger partial charge in [0.25, 0.3) is 0 Å². The SMILES string of the molecule is Cc1sc(NC2CCC(CNCCC(C)C)CC2)nc1-c1cccnc1F. The van der Waals surface area contributed by atoms with E-state index in [0.717, 1.165) is 34.9 Å². The topological polar surface area (TPSA) is 49.8 Å². The van der Waals surface area contributed by atoms with E-state index in [1.807, 2.05) is 6.92 Å². The zero-order valence-corrected chi connectivity index (χ0v) is 17.4. The van der Waals surface area contributed by atoms with E-state index in [-0.39, 0.29) is 0 Å². The Balaban J connectivity index is 1.48. The van der Waals surface area contributed by atoms with Gasteiger partial charge in [0.2, 0.25) is 5.95 Å². The van der Waals surface area contributed by atoms with Crippen LogP contribution in [-0.2, 0) is 0 Å². The Morgan fingerprint density at radius 2 is 2.04 bits per heavy atom. The summed E-state index contributed by atoms with van der Waals surface area (Å²) in [6.07, 6.45) is 7.56. The highest BCUT2D eigenvalue weighted by Gasteiger charge is 2.22. The van der Waals surface area contributed by atoms with Gasteiger partial charge < -0.3 is 10.6 Å². The van der Waals surface area contributed by atoms with Crippen LogP contribution in [0.4, 0.5) is 9.52 Å². The fourth-order valence-electron chi connectivity index (χ4n) is 3.65. The lowest BCUT2D eigenvalue weighted by Gasteiger charge is -2.29. The minimum absolute atomic E-state index is 0.456. The van der Waals surface area contributed by atoms with Gasteiger partial charge in [0.05, 0.1) is 11.3 Å². The molecule has 2 aromatic rings. The predicted molar refractivity (Wildman–Crippen MR) is 112 cm³/mol. The number of rotatable bonds is 8. The van der Waals surface area contributed by atoms with Crippen molar-refractivity contribution < 1.29 is 4.39 Å². The fourth-order valence-corrected chi connectivity index (χ4v) is 4.56. The minimum Gasteiger partial charge on any atom is -0.359 e. The van der Waals surface area contributed by atoms with Crippen LogP contribution in [0.1, 0.15) is 50.8 Å². The van der Waals surface area contributed by atoms with E-state index in [9.17, 15) is 4.39 Å². The van der Waals surface area contributed by atoms with Crippen LogP contribution in [0.15, 0.2) is 18.3 Å². The van der Waals surface area contributed by atoms with Crippen LogP contribution < -0.4 is 10.6 Å². The maximum Gasteiger partial charge on any atom is 0.222 e. The summed E-state index contributed by atoms with van der Waals surface area (Å²) in [7, 11) is 0. The van der Waals surface area contributed by atoms with Gasteiger partial charge in [0.15, 0.2) is 5.13 Å². The van der Waals surface area contributed by atoms with Crippen molar-refractivity contribution in [1.29, 1.82) is 0 Å². The second kappa shape index (κ2) is 9.60. The molecule has 2 N–H and O–H groups in total. The maximum atomic E-state index is 14.0. The number of hydrogen-bond donors (Lipinski definition) is 2. The molecule has 0 bridgehead atoms. The molecule has 0 atom stereocenters. The van der Waals surface area contributed by atoms with Crippen molar-refractivity contribution in [2.75, 3.05) is 18.4 Å². The lowest BCUT2D eigenvalue weighted by molar-refractivity contribution is 0.322. The highest BCUT2D eigenvalue weighted by atomic mass is 32.1. The molecule has 1 aliphatic carbocycles. The Morgan fingerprint density at radius 3 is 2.74 bits per heavy atom. The Kier molecular flexibility index (Phi) is 7.19. The first-order valence-electron chi connectivity index (χ1n) is 10.1. The third-order valence-corrected chi connectivity index (χ3v) is 6.22. The van der Waals surface area contributed by atoms with Gasteiger partial charge >= 0.3 is 0 Å². The van der Waals surface area contributed by atoms with Crippen molar-refractivity contribution in [3.8, 4) is 11.3 Å². The number of thiazole rings is 1. The molecule has 0 amide bonds. The average molecular weight is 391 g/mol. The maximum absolute atomic E-state index is 14.0. The summed E-state index contributed by atoms with van der Waals surface area (Å²) in [6, 6.07) is 3.96. The second-order valence-corrected chi connectivity index (χ2v) is 9.22. The van der Waals surface area contributed by atoms with Gasteiger partial charge in [-0.3, -0.25) is 0 Å². The molecule has 0 aliphatic heterocycles. The molecule has 3 rings (SSSR count). The van der Waals surface area contributed by atoms with Crippen LogP contribution in [0, 0.1) is 24.7 Å². The Bertz CT molecular complexity index is 723. The number of halogens is 1. The molecular weight excluding hydrogens is 359 g/mol. The standard InChI is InChI=1S/C21H31FN4S/c1-14(2)10-12-23-13-16-6-8-17(9-7-16)25-21-26-19(15(3)27-21)18-5-4-11-24-20(18)22/h4-5,11,14,16-17,23H,6-10,12-13H2,1-3H3,(H,25,26). The van der Waals surface area contributed by atoms with Crippen LogP contribution in [0.5, 0.6) is 0 Å². The normalized spacial score (nSPS) is 20.2. The number of anilines is 1. The van der Waals surface area contributed by atoms with E-state index in [0.29, 0.717) is 17.3 Å². The van der Waals surface area contributed by atoms with Gasteiger partial charge in [-0.15, -0.1) is 11.3 Å². The third-order valence-electron chi connectivity index (χ3n) is 5.32. The third kappa shape index (κ3) is 5.72. The Labute approximate surface area is 166 Å². The van der Waals surface area contributed by atoms with E-state index in [4.69, 9.17) is 0 Å². The molecule has 2 aromatic heterocycles. The predicted octanol–water partition coefficient (Wildman–Crippen LogP) is 5.26. The Hall–Kier alpha value is -1.53. The largest absolute Gasteiger partial charge is 0.359 e. The number of nitrogens with one attached hydrogen (secondary N) is 2. The highest BCUT2D eigenvalue weighted by molar-refractivity contribution is 7.16. The van der Waals surface area contributed by atoms with Crippen LogP contribution in [0.25, 0.3) is 11.3 Å². The van der Waals surface area contributed by atoms with Gasteiger partial charge in [0.1, 0.15) is 0 Å². The van der Waals surface area contributed by atoms with Crippen molar-refractivity contribution >= 4 is 16.5 Å². The van der Waals surface area contributed by atoms with E-state index >= 15 is 0 Å². The fraction of sp³-hybridized carbons (Fsp3) is 0.619. The van der Waals surface area contributed by atoms with Crippen LogP contribution >= 0.6 is 11.3 Å². The van der Waals surface area contributed by atoms with E-state index in [1.165, 1.54) is 38.3 Å². The zero-order chi connectivity index (χ0) is 19.2. The second-order valence-electron chi connectivity index (χ2n) is 8.01. The number of aromatic nitrogens is 2. The molecular formula is C21H31FN4S. The molecule has 2 heterocycles. The number of hydrogen-bond acceptors (Lipinski definition) is 5. The van der Waals surface area contributed by atoms with Gasteiger partial charge in [-0.25, -0.2) is 9.97 Å². The molecule has 0 spiro atoms. The van der Waals surface area contributed by atoms with E-state index in [1.54, 1.807) is 23.5 Å². The first-order valence-corrected chi connectivity index (χ1v) is 10.9. The molecule has 0 radical (unpaired) electrons. The van der Waals surface area contributed by atoms with Gasteiger partial charge in [-0.1, -0.05) is 13.8 Å². The van der Waals surface area contributed by atoms with E-state index in [2.05, 4.69) is 34.4 Å². The molecule has 4 nitrogen and oxygen atoms in total. The van der Waals surface area contributed by atoms with Gasteiger partial charge in [-0.05, 0) is 76.1 Å². The molecule has 148 valence electrons. The Morgan fingerprint density at radius 1 is 1.26 bits per heavy atom. The van der Waals surface area contributed by atoms with Crippen molar-refractivity contribution in [3.63, 3.8) is 0 Å². The molecule has 27 heavy (non-hydrogen) atoms. The lowest BCUT2D eigenvalue weighted by atomic mass is 9.86. The monoisotopic (exact) mass is 390 g/mol. The summed E-state index contributed by atoms with van der Waals surface area (Å²) in [5.41, 5.74) is 1.19. The minimum atomic E-state index is -0.456. The van der Waals surface area contributed by atoms with Crippen molar-refractivity contribution in [2.45, 2.75) is 58.9 Å². The van der Waals surface area contributed by atoms with Crippen molar-refractivity contribution in [2.24, 2.45) is 11.8 Å². The summed E-state index contributed by atoms with van der Waals surface area (Å²) < 4.78 is 14.0. The molecule has 1 saturated carbocycles. The molecule has 0 unspecified atom stereocenters. The van der Waals surface area contributed by atoms with Gasteiger partial charge in [-0.2, -0.15) is 4.39 Å². The molecule has 6 heteroatoms. The summed E-state index contributed by atoms with van der Waals surface area (Å²) >= 11 is 1.60. The zero-order valence-electron chi connectivity index (χ0n) is 16.6. The average Bonchev–Trinajstić information content (AvgIpc) is 3.00. The van der Waals surface area contributed by atoms with Crippen molar-refractivity contribution in [3.05, 3.63) is 29.2 Å². The number of nitrogens with zero attached hydrogens (tertiary/aromatic N) is 2. The van der Waals surface area contributed by atoms with Crippen LogP contribution in [0.3, 0.4) is 0 Å². The molecule has 0 saturated heterocycles.